The highest BCUT2D eigenvalue weighted by Gasteiger charge is 2.24. The second kappa shape index (κ2) is 8.86. The molecule has 144 valence electrons. The molecular formula is C21H20N2O3S2. The first-order valence-electron chi connectivity index (χ1n) is 8.61. The Kier molecular flexibility index (Phi) is 6.28. The van der Waals surface area contributed by atoms with Gasteiger partial charge in [-0.1, -0.05) is 36.4 Å². The Morgan fingerprint density at radius 3 is 2.54 bits per heavy atom. The van der Waals surface area contributed by atoms with E-state index in [0.29, 0.717) is 17.8 Å². The minimum atomic E-state index is -3.85. The van der Waals surface area contributed by atoms with Gasteiger partial charge in [-0.15, -0.1) is 17.9 Å². The first kappa shape index (κ1) is 19.9. The van der Waals surface area contributed by atoms with Gasteiger partial charge in [0.05, 0.1) is 23.7 Å². The maximum Gasteiger partial charge on any atom is 0.264 e. The Balaban J connectivity index is 1.86. The summed E-state index contributed by atoms with van der Waals surface area (Å²) in [7, 11) is -3.85. The summed E-state index contributed by atoms with van der Waals surface area (Å²) >= 11 is 1.55. The fourth-order valence-corrected chi connectivity index (χ4v) is 4.79. The van der Waals surface area contributed by atoms with Crippen molar-refractivity contribution in [1.82, 2.24) is 5.32 Å². The van der Waals surface area contributed by atoms with Crippen LogP contribution in [0.3, 0.4) is 0 Å². The number of hydrogen-bond acceptors (Lipinski definition) is 4. The number of nitrogens with one attached hydrogen (secondary N) is 1. The second-order valence-electron chi connectivity index (χ2n) is 5.95. The lowest BCUT2D eigenvalue weighted by Crippen LogP contribution is -2.31. The molecule has 0 aliphatic heterocycles. The van der Waals surface area contributed by atoms with Crippen molar-refractivity contribution < 1.29 is 13.2 Å². The van der Waals surface area contributed by atoms with Crippen LogP contribution in [0.5, 0.6) is 0 Å². The molecule has 1 N–H and O–H groups in total. The van der Waals surface area contributed by atoms with Crippen molar-refractivity contribution in [3.63, 3.8) is 0 Å². The quantitative estimate of drug-likeness (QED) is 0.568. The van der Waals surface area contributed by atoms with Gasteiger partial charge in [0.2, 0.25) is 0 Å². The number of para-hydroxylation sites is 1. The third-order valence-electron chi connectivity index (χ3n) is 4.03. The summed E-state index contributed by atoms with van der Waals surface area (Å²) in [6, 6.07) is 18.7. The average Bonchev–Trinajstić information content (AvgIpc) is 3.24. The summed E-state index contributed by atoms with van der Waals surface area (Å²) < 4.78 is 27.6. The summed E-state index contributed by atoms with van der Waals surface area (Å²) in [6.45, 7) is 4.19. The summed E-state index contributed by atoms with van der Waals surface area (Å²) in [5.74, 6) is -0.319. The molecule has 1 heterocycles. The van der Waals surface area contributed by atoms with Crippen molar-refractivity contribution >= 4 is 33.0 Å². The van der Waals surface area contributed by atoms with Gasteiger partial charge in [0, 0.05) is 10.4 Å². The average molecular weight is 413 g/mol. The van der Waals surface area contributed by atoms with Gasteiger partial charge in [-0.25, -0.2) is 8.42 Å². The second-order valence-corrected chi connectivity index (χ2v) is 8.84. The SMILES string of the molecule is C=CCN(c1ccccc1)S(=O)(=O)c1cccc(C(=O)NCc2cccs2)c1. The molecule has 0 fully saturated rings. The van der Waals surface area contributed by atoms with Gasteiger partial charge in [-0.2, -0.15) is 0 Å². The van der Waals surface area contributed by atoms with Crippen LogP contribution in [0.1, 0.15) is 15.2 Å². The summed E-state index contributed by atoms with van der Waals surface area (Å²) in [6.07, 6.45) is 1.53. The van der Waals surface area contributed by atoms with E-state index in [1.165, 1.54) is 22.5 Å². The van der Waals surface area contributed by atoms with E-state index in [4.69, 9.17) is 0 Å². The van der Waals surface area contributed by atoms with Crippen molar-refractivity contribution in [3.05, 3.63) is 95.2 Å². The number of nitrogens with zero attached hydrogens (tertiary/aromatic N) is 1. The van der Waals surface area contributed by atoms with Crippen LogP contribution in [0, 0.1) is 0 Å². The molecule has 1 aromatic heterocycles. The number of amides is 1. The van der Waals surface area contributed by atoms with Crippen molar-refractivity contribution in [2.75, 3.05) is 10.8 Å². The Hall–Kier alpha value is -2.90. The molecule has 0 atom stereocenters. The van der Waals surface area contributed by atoms with Crippen LogP contribution in [0.25, 0.3) is 0 Å². The maximum absolute atomic E-state index is 13.2. The zero-order chi connectivity index (χ0) is 20.0. The molecule has 0 saturated carbocycles. The fraction of sp³-hybridized carbons (Fsp3) is 0.0952. The molecule has 3 rings (SSSR count). The van der Waals surface area contributed by atoms with Gasteiger partial charge in [-0.3, -0.25) is 9.10 Å². The monoisotopic (exact) mass is 412 g/mol. The molecule has 1 amide bonds. The van der Waals surface area contributed by atoms with Gasteiger partial charge in [0.15, 0.2) is 0 Å². The van der Waals surface area contributed by atoms with E-state index in [1.54, 1.807) is 47.7 Å². The predicted molar refractivity (Wildman–Crippen MR) is 113 cm³/mol. The van der Waals surface area contributed by atoms with Crippen molar-refractivity contribution in [1.29, 1.82) is 0 Å². The Morgan fingerprint density at radius 2 is 1.86 bits per heavy atom. The molecule has 0 saturated heterocycles. The molecular weight excluding hydrogens is 392 g/mol. The zero-order valence-corrected chi connectivity index (χ0v) is 16.7. The molecule has 0 aliphatic carbocycles. The molecule has 0 spiro atoms. The first-order valence-corrected chi connectivity index (χ1v) is 10.9. The zero-order valence-electron chi connectivity index (χ0n) is 15.1. The van der Waals surface area contributed by atoms with E-state index in [9.17, 15) is 13.2 Å². The van der Waals surface area contributed by atoms with Gasteiger partial charge >= 0.3 is 0 Å². The number of anilines is 1. The maximum atomic E-state index is 13.2. The van der Waals surface area contributed by atoms with Crippen molar-refractivity contribution in [2.45, 2.75) is 11.4 Å². The lowest BCUT2D eigenvalue weighted by atomic mass is 10.2. The van der Waals surface area contributed by atoms with E-state index in [-0.39, 0.29) is 17.3 Å². The molecule has 5 nitrogen and oxygen atoms in total. The minimum absolute atomic E-state index is 0.0574. The van der Waals surface area contributed by atoms with E-state index in [1.807, 2.05) is 23.6 Å². The number of benzene rings is 2. The van der Waals surface area contributed by atoms with Gasteiger partial charge in [0.25, 0.3) is 15.9 Å². The largest absolute Gasteiger partial charge is 0.347 e. The van der Waals surface area contributed by atoms with Crippen LogP contribution < -0.4 is 9.62 Å². The number of rotatable bonds is 8. The molecule has 0 bridgehead atoms. The Labute approximate surface area is 169 Å². The molecule has 2 aromatic carbocycles. The van der Waals surface area contributed by atoms with Crippen LogP contribution in [0.2, 0.25) is 0 Å². The predicted octanol–water partition coefficient (Wildman–Crippen LogP) is 4.06. The molecule has 28 heavy (non-hydrogen) atoms. The molecule has 7 heteroatoms. The fourth-order valence-electron chi connectivity index (χ4n) is 2.66. The number of hydrogen-bond donors (Lipinski definition) is 1. The van der Waals surface area contributed by atoms with Crippen molar-refractivity contribution in [2.24, 2.45) is 0 Å². The van der Waals surface area contributed by atoms with Gasteiger partial charge in [-0.05, 0) is 41.8 Å². The highest BCUT2D eigenvalue weighted by Crippen LogP contribution is 2.24. The molecule has 0 unspecified atom stereocenters. The highest BCUT2D eigenvalue weighted by molar-refractivity contribution is 7.92. The molecule has 0 aliphatic rings. The third-order valence-corrected chi connectivity index (χ3v) is 6.69. The number of thiophene rings is 1. The van der Waals surface area contributed by atoms with E-state index in [2.05, 4.69) is 11.9 Å². The van der Waals surface area contributed by atoms with Crippen LogP contribution >= 0.6 is 11.3 Å². The number of sulfonamides is 1. The van der Waals surface area contributed by atoms with Crippen LogP contribution in [0.4, 0.5) is 5.69 Å². The standard InChI is InChI=1S/C21H20N2O3S2/c1-2-13-23(18-9-4-3-5-10-18)28(25,26)20-12-6-8-17(15-20)21(24)22-16-19-11-7-14-27-19/h2-12,14-15H,1,13,16H2,(H,22,24). The smallest absolute Gasteiger partial charge is 0.264 e. The Bertz CT molecular complexity index is 1050. The van der Waals surface area contributed by atoms with Gasteiger partial charge < -0.3 is 5.32 Å². The number of carbonyl (C=O) groups excluding carboxylic acids is 1. The minimum Gasteiger partial charge on any atom is -0.347 e. The lowest BCUT2D eigenvalue weighted by molar-refractivity contribution is 0.0951. The first-order chi connectivity index (χ1) is 13.5. The molecule has 0 radical (unpaired) electrons. The molecule has 3 aromatic rings. The van der Waals surface area contributed by atoms with E-state index >= 15 is 0 Å². The topological polar surface area (TPSA) is 66.5 Å². The number of carbonyl (C=O) groups is 1. The third kappa shape index (κ3) is 4.49. The lowest BCUT2D eigenvalue weighted by Gasteiger charge is -2.23. The summed E-state index contributed by atoms with van der Waals surface area (Å²) in [4.78, 5) is 13.5. The van der Waals surface area contributed by atoms with Crippen LogP contribution in [0.15, 0.2) is 89.7 Å². The van der Waals surface area contributed by atoms with Crippen molar-refractivity contribution in [3.8, 4) is 0 Å². The van der Waals surface area contributed by atoms with E-state index < -0.39 is 10.0 Å². The normalized spacial score (nSPS) is 11.0. The van der Waals surface area contributed by atoms with Crippen LogP contribution in [-0.2, 0) is 16.6 Å². The van der Waals surface area contributed by atoms with E-state index in [0.717, 1.165) is 4.88 Å². The summed E-state index contributed by atoms with van der Waals surface area (Å²) in [5, 5.41) is 4.75. The Morgan fingerprint density at radius 1 is 1.07 bits per heavy atom. The highest BCUT2D eigenvalue weighted by atomic mass is 32.2. The van der Waals surface area contributed by atoms with Crippen LogP contribution in [-0.4, -0.2) is 20.9 Å². The summed E-state index contributed by atoms with van der Waals surface area (Å²) in [5.41, 5.74) is 0.833. The van der Waals surface area contributed by atoms with Gasteiger partial charge in [0.1, 0.15) is 0 Å².